The summed E-state index contributed by atoms with van der Waals surface area (Å²) in [6.45, 7) is 3.36. The predicted octanol–water partition coefficient (Wildman–Crippen LogP) is 1.25. The molecule has 0 aliphatic carbocycles. The fourth-order valence-electron chi connectivity index (χ4n) is 1.31. The van der Waals surface area contributed by atoms with Crippen LogP contribution >= 0.6 is 0 Å². The van der Waals surface area contributed by atoms with Crippen molar-refractivity contribution in [3.05, 3.63) is 29.8 Å². The van der Waals surface area contributed by atoms with Crippen LogP contribution in [-0.2, 0) is 4.79 Å². The van der Waals surface area contributed by atoms with Crippen LogP contribution in [0.4, 0.5) is 0 Å². The van der Waals surface area contributed by atoms with E-state index in [1.54, 1.807) is 39.1 Å². The molecule has 4 nitrogen and oxygen atoms in total. The summed E-state index contributed by atoms with van der Waals surface area (Å²) < 4.78 is 5.43. The third-order valence-corrected chi connectivity index (χ3v) is 2.27. The number of likely N-dealkylation sites (N-methyl/N-ethyl adjacent to an activating group) is 1. The van der Waals surface area contributed by atoms with Crippen molar-refractivity contribution < 1.29 is 14.6 Å². The fraction of sp³-hybridized carbons (Fsp3) is 0.417. The van der Waals surface area contributed by atoms with Crippen LogP contribution in [0.5, 0.6) is 5.75 Å². The van der Waals surface area contributed by atoms with Gasteiger partial charge in [0.25, 0.3) is 5.91 Å². The second kappa shape index (κ2) is 5.51. The molecule has 0 aliphatic rings. The first kappa shape index (κ1) is 12.5. The van der Waals surface area contributed by atoms with Crippen LogP contribution in [0, 0.1) is 0 Å². The molecule has 0 heterocycles. The zero-order chi connectivity index (χ0) is 12.1. The van der Waals surface area contributed by atoms with Crippen molar-refractivity contribution in [2.45, 2.75) is 26.1 Å². The molecule has 2 N–H and O–H groups in total. The van der Waals surface area contributed by atoms with E-state index in [9.17, 15) is 9.90 Å². The quantitative estimate of drug-likeness (QED) is 0.807. The SMILES string of the molecule is CNC(=O)C(C)Oc1cccc(C(C)O)c1. The first-order valence-corrected chi connectivity index (χ1v) is 5.21. The Kier molecular flexibility index (Phi) is 4.31. The molecular formula is C12H17NO3. The standard InChI is InChI=1S/C12H17NO3/c1-8(14)10-5-4-6-11(7-10)16-9(2)12(15)13-3/h4-9,14H,1-3H3,(H,13,15). The molecule has 0 spiro atoms. The summed E-state index contributed by atoms with van der Waals surface area (Å²) in [5.74, 6) is 0.400. The molecule has 0 saturated heterocycles. The Morgan fingerprint density at radius 1 is 1.44 bits per heavy atom. The highest BCUT2D eigenvalue weighted by atomic mass is 16.5. The molecule has 0 bridgehead atoms. The fourth-order valence-corrected chi connectivity index (χ4v) is 1.31. The van der Waals surface area contributed by atoms with E-state index in [1.165, 1.54) is 0 Å². The van der Waals surface area contributed by atoms with E-state index in [-0.39, 0.29) is 5.91 Å². The highest BCUT2D eigenvalue weighted by molar-refractivity contribution is 5.80. The summed E-state index contributed by atoms with van der Waals surface area (Å²) in [5.41, 5.74) is 0.765. The van der Waals surface area contributed by atoms with E-state index < -0.39 is 12.2 Å². The zero-order valence-corrected chi connectivity index (χ0v) is 9.73. The number of carbonyl (C=O) groups excluding carboxylic acids is 1. The zero-order valence-electron chi connectivity index (χ0n) is 9.73. The first-order chi connectivity index (χ1) is 7.54. The number of rotatable bonds is 4. The molecule has 2 unspecified atom stereocenters. The van der Waals surface area contributed by atoms with Crippen molar-refractivity contribution in [1.29, 1.82) is 0 Å². The van der Waals surface area contributed by atoms with Gasteiger partial charge in [-0.05, 0) is 31.5 Å². The van der Waals surface area contributed by atoms with Crippen LogP contribution in [0.2, 0.25) is 0 Å². The largest absolute Gasteiger partial charge is 0.481 e. The van der Waals surface area contributed by atoms with Gasteiger partial charge in [0, 0.05) is 7.05 Å². The van der Waals surface area contributed by atoms with Crippen LogP contribution in [0.3, 0.4) is 0 Å². The van der Waals surface area contributed by atoms with Crippen molar-refractivity contribution in [3.63, 3.8) is 0 Å². The van der Waals surface area contributed by atoms with Crippen LogP contribution in [0.25, 0.3) is 0 Å². The lowest BCUT2D eigenvalue weighted by atomic mass is 10.1. The number of amides is 1. The molecule has 1 aromatic rings. The number of aliphatic hydroxyl groups excluding tert-OH is 1. The van der Waals surface area contributed by atoms with Gasteiger partial charge >= 0.3 is 0 Å². The minimum atomic E-state index is -0.547. The molecule has 1 amide bonds. The molecule has 16 heavy (non-hydrogen) atoms. The Morgan fingerprint density at radius 2 is 2.12 bits per heavy atom. The van der Waals surface area contributed by atoms with Gasteiger partial charge < -0.3 is 15.2 Å². The Hall–Kier alpha value is -1.55. The number of carbonyl (C=O) groups is 1. The number of aliphatic hydroxyl groups is 1. The molecule has 0 aliphatic heterocycles. The van der Waals surface area contributed by atoms with Crippen molar-refractivity contribution in [3.8, 4) is 5.75 Å². The van der Waals surface area contributed by atoms with E-state index in [0.29, 0.717) is 5.75 Å². The van der Waals surface area contributed by atoms with E-state index in [1.807, 2.05) is 6.07 Å². The Balaban J connectivity index is 2.74. The maximum atomic E-state index is 11.2. The summed E-state index contributed by atoms with van der Waals surface area (Å²) in [6, 6.07) is 7.07. The molecule has 4 heteroatoms. The molecule has 0 saturated carbocycles. The van der Waals surface area contributed by atoms with Gasteiger partial charge in [-0.1, -0.05) is 12.1 Å². The van der Waals surface area contributed by atoms with Crippen LogP contribution in [0.1, 0.15) is 25.5 Å². The summed E-state index contributed by atoms with van der Waals surface area (Å²) in [5, 5.41) is 11.9. The molecule has 88 valence electrons. The maximum Gasteiger partial charge on any atom is 0.260 e. The summed E-state index contributed by atoms with van der Waals surface area (Å²) >= 11 is 0. The predicted molar refractivity (Wildman–Crippen MR) is 61.2 cm³/mol. The van der Waals surface area contributed by atoms with Crippen LogP contribution in [-0.4, -0.2) is 24.2 Å². The number of hydrogen-bond acceptors (Lipinski definition) is 3. The smallest absolute Gasteiger partial charge is 0.260 e. The molecular weight excluding hydrogens is 206 g/mol. The lowest BCUT2D eigenvalue weighted by molar-refractivity contribution is -0.126. The Morgan fingerprint density at radius 3 is 2.69 bits per heavy atom. The lowest BCUT2D eigenvalue weighted by Crippen LogP contribution is -2.33. The highest BCUT2D eigenvalue weighted by Crippen LogP contribution is 2.19. The number of ether oxygens (including phenoxy) is 1. The Labute approximate surface area is 95.2 Å². The Bertz CT molecular complexity index is 363. The average molecular weight is 223 g/mol. The second-order valence-electron chi connectivity index (χ2n) is 3.62. The third-order valence-electron chi connectivity index (χ3n) is 2.27. The van der Waals surface area contributed by atoms with Gasteiger partial charge in [-0.3, -0.25) is 4.79 Å². The molecule has 2 atom stereocenters. The van der Waals surface area contributed by atoms with Gasteiger partial charge in [-0.25, -0.2) is 0 Å². The normalized spacial score (nSPS) is 14.0. The molecule has 0 radical (unpaired) electrons. The van der Waals surface area contributed by atoms with Crippen molar-refractivity contribution in [1.82, 2.24) is 5.32 Å². The van der Waals surface area contributed by atoms with Crippen LogP contribution in [0.15, 0.2) is 24.3 Å². The van der Waals surface area contributed by atoms with Gasteiger partial charge in [0.1, 0.15) is 5.75 Å². The van der Waals surface area contributed by atoms with Crippen LogP contribution < -0.4 is 10.1 Å². The van der Waals surface area contributed by atoms with E-state index in [0.717, 1.165) is 5.56 Å². The van der Waals surface area contributed by atoms with Gasteiger partial charge in [0.15, 0.2) is 6.10 Å². The summed E-state index contributed by atoms with van der Waals surface area (Å²) in [4.78, 5) is 11.2. The molecule has 0 aromatic heterocycles. The molecule has 1 aromatic carbocycles. The summed E-state index contributed by atoms with van der Waals surface area (Å²) in [7, 11) is 1.56. The van der Waals surface area contributed by atoms with Crippen molar-refractivity contribution in [2.75, 3.05) is 7.05 Å². The molecule has 0 fully saturated rings. The number of benzene rings is 1. The average Bonchev–Trinajstić information content (AvgIpc) is 2.28. The van der Waals surface area contributed by atoms with Crippen molar-refractivity contribution >= 4 is 5.91 Å². The van der Waals surface area contributed by atoms with E-state index >= 15 is 0 Å². The maximum absolute atomic E-state index is 11.2. The van der Waals surface area contributed by atoms with Crippen molar-refractivity contribution in [2.24, 2.45) is 0 Å². The highest BCUT2D eigenvalue weighted by Gasteiger charge is 2.12. The van der Waals surface area contributed by atoms with E-state index in [4.69, 9.17) is 4.74 Å². The minimum absolute atomic E-state index is 0.178. The second-order valence-corrected chi connectivity index (χ2v) is 3.62. The topological polar surface area (TPSA) is 58.6 Å². The first-order valence-electron chi connectivity index (χ1n) is 5.21. The molecule has 1 rings (SSSR count). The van der Waals surface area contributed by atoms with Gasteiger partial charge in [-0.2, -0.15) is 0 Å². The van der Waals surface area contributed by atoms with E-state index in [2.05, 4.69) is 5.32 Å². The lowest BCUT2D eigenvalue weighted by Gasteiger charge is -2.14. The summed E-state index contributed by atoms with van der Waals surface area (Å²) in [6.07, 6.45) is -1.09. The number of hydrogen-bond donors (Lipinski definition) is 2. The van der Waals surface area contributed by atoms with Gasteiger partial charge in [0.2, 0.25) is 0 Å². The van der Waals surface area contributed by atoms with Gasteiger partial charge in [-0.15, -0.1) is 0 Å². The minimum Gasteiger partial charge on any atom is -0.481 e. The van der Waals surface area contributed by atoms with Gasteiger partial charge in [0.05, 0.1) is 6.10 Å². The number of nitrogens with one attached hydrogen (secondary N) is 1. The monoisotopic (exact) mass is 223 g/mol. The third kappa shape index (κ3) is 3.24.